The molecular formula is C22H25N3O2S. The van der Waals surface area contributed by atoms with E-state index in [1.54, 1.807) is 4.90 Å². The first kappa shape index (κ1) is 18.9. The van der Waals surface area contributed by atoms with Crippen molar-refractivity contribution in [1.82, 2.24) is 0 Å². The summed E-state index contributed by atoms with van der Waals surface area (Å²) in [7, 11) is 0. The second kappa shape index (κ2) is 8.27. The molecular weight excluding hydrogens is 370 g/mol. The quantitative estimate of drug-likeness (QED) is 0.850. The van der Waals surface area contributed by atoms with Crippen LogP contribution in [0.2, 0.25) is 0 Å². The van der Waals surface area contributed by atoms with E-state index in [0.29, 0.717) is 5.75 Å². The summed E-state index contributed by atoms with van der Waals surface area (Å²) < 4.78 is 0. The summed E-state index contributed by atoms with van der Waals surface area (Å²) in [4.78, 5) is 29.9. The van der Waals surface area contributed by atoms with Crippen LogP contribution in [0.15, 0.2) is 53.4 Å². The molecule has 0 saturated carbocycles. The van der Waals surface area contributed by atoms with E-state index in [4.69, 9.17) is 0 Å². The Morgan fingerprint density at radius 2 is 1.82 bits per heavy atom. The zero-order valence-electron chi connectivity index (χ0n) is 16.1. The number of fused-ring (bicyclic) bond motifs is 1. The molecule has 2 heterocycles. The van der Waals surface area contributed by atoms with E-state index >= 15 is 0 Å². The standard InChI is InChI=1S/C22H25N3O2S/c1-16-10-12-24(13-11-16)18-8-6-17(7-9-18)23-21(26)14-25-19-4-2-3-5-20(19)28-15-22(25)27/h2-9,16H,10-15H2,1H3,(H,23,26). The fraction of sp³-hybridized carbons (Fsp3) is 0.364. The van der Waals surface area contributed by atoms with Gasteiger partial charge in [0.2, 0.25) is 11.8 Å². The number of nitrogens with one attached hydrogen (secondary N) is 1. The smallest absolute Gasteiger partial charge is 0.244 e. The van der Waals surface area contributed by atoms with Gasteiger partial charge in [-0.2, -0.15) is 0 Å². The minimum atomic E-state index is -0.186. The van der Waals surface area contributed by atoms with E-state index in [1.165, 1.54) is 30.3 Å². The average Bonchev–Trinajstić information content (AvgIpc) is 2.71. The normalized spacial score (nSPS) is 17.4. The number of benzene rings is 2. The van der Waals surface area contributed by atoms with Crippen molar-refractivity contribution >= 4 is 40.6 Å². The molecule has 0 bridgehead atoms. The zero-order chi connectivity index (χ0) is 19.5. The summed E-state index contributed by atoms with van der Waals surface area (Å²) in [6, 6.07) is 15.7. The second-order valence-electron chi connectivity index (χ2n) is 7.50. The lowest BCUT2D eigenvalue weighted by Crippen LogP contribution is -2.41. The largest absolute Gasteiger partial charge is 0.372 e. The number of para-hydroxylation sites is 1. The molecule has 1 saturated heterocycles. The molecule has 0 radical (unpaired) electrons. The van der Waals surface area contributed by atoms with Crippen LogP contribution in [0, 0.1) is 5.92 Å². The van der Waals surface area contributed by atoms with Crippen molar-refractivity contribution in [2.24, 2.45) is 5.92 Å². The van der Waals surface area contributed by atoms with Crippen LogP contribution in [-0.4, -0.2) is 37.2 Å². The van der Waals surface area contributed by atoms with Gasteiger partial charge in [-0.15, -0.1) is 11.8 Å². The number of thioether (sulfide) groups is 1. The lowest BCUT2D eigenvalue weighted by molar-refractivity contribution is -0.120. The number of amides is 2. The summed E-state index contributed by atoms with van der Waals surface area (Å²) >= 11 is 1.52. The maximum Gasteiger partial charge on any atom is 0.244 e. The van der Waals surface area contributed by atoms with Crippen LogP contribution in [-0.2, 0) is 9.59 Å². The highest BCUT2D eigenvalue weighted by molar-refractivity contribution is 8.00. The number of carbonyl (C=O) groups is 2. The predicted octanol–water partition coefficient (Wildman–Crippen LogP) is 4.00. The van der Waals surface area contributed by atoms with Crippen molar-refractivity contribution in [2.75, 3.05) is 40.5 Å². The number of hydrogen-bond acceptors (Lipinski definition) is 4. The summed E-state index contributed by atoms with van der Waals surface area (Å²) in [6.07, 6.45) is 2.45. The van der Waals surface area contributed by atoms with Gasteiger partial charge in [0.25, 0.3) is 0 Å². The summed E-state index contributed by atoms with van der Waals surface area (Å²) in [5, 5.41) is 2.92. The minimum absolute atomic E-state index is 0.0299. The van der Waals surface area contributed by atoms with Crippen LogP contribution in [0.4, 0.5) is 17.1 Å². The fourth-order valence-electron chi connectivity index (χ4n) is 3.69. The van der Waals surface area contributed by atoms with Gasteiger partial charge < -0.3 is 15.1 Å². The van der Waals surface area contributed by atoms with E-state index in [9.17, 15) is 9.59 Å². The molecule has 2 amide bonds. The monoisotopic (exact) mass is 395 g/mol. The van der Waals surface area contributed by atoms with Gasteiger partial charge in [-0.25, -0.2) is 0 Å². The molecule has 0 unspecified atom stereocenters. The highest BCUT2D eigenvalue weighted by Crippen LogP contribution is 2.34. The third-order valence-corrected chi connectivity index (χ3v) is 6.46. The van der Waals surface area contributed by atoms with Crippen molar-refractivity contribution in [3.05, 3.63) is 48.5 Å². The first-order valence-electron chi connectivity index (χ1n) is 9.77. The maximum atomic E-state index is 12.5. The van der Waals surface area contributed by atoms with Gasteiger partial charge in [-0.3, -0.25) is 9.59 Å². The SMILES string of the molecule is CC1CCN(c2ccc(NC(=O)CN3C(=O)CSc4ccccc43)cc2)CC1. The maximum absolute atomic E-state index is 12.5. The number of piperidine rings is 1. The molecule has 2 aromatic carbocycles. The highest BCUT2D eigenvalue weighted by Gasteiger charge is 2.26. The topological polar surface area (TPSA) is 52.7 Å². The van der Waals surface area contributed by atoms with Crippen LogP contribution in [0.5, 0.6) is 0 Å². The lowest BCUT2D eigenvalue weighted by atomic mass is 9.99. The molecule has 0 spiro atoms. The Kier molecular flexibility index (Phi) is 5.57. The van der Waals surface area contributed by atoms with Gasteiger partial charge >= 0.3 is 0 Å². The molecule has 1 fully saturated rings. The Balaban J connectivity index is 1.38. The molecule has 2 aliphatic heterocycles. The number of nitrogens with zero attached hydrogens (tertiary/aromatic N) is 2. The Hall–Kier alpha value is -2.47. The third-order valence-electron chi connectivity index (χ3n) is 5.41. The Morgan fingerprint density at radius 1 is 1.11 bits per heavy atom. The highest BCUT2D eigenvalue weighted by atomic mass is 32.2. The molecule has 28 heavy (non-hydrogen) atoms. The average molecular weight is 396 g/mol. The molecule has 2 aliphatic rings. The van der Waals surface area contributed by atoms with Crippen molar-refractivity contribution < 1.29 is 9.59 Å². The van der Waals surface area contributed by atoms with Gasteiger partial charge in [0.05, 0.1) is 11.4 Å². The number of hydrogen-bond donors (Lipinski definition) is 1. The first-order chi connectivity index (χ1) is 13.6. The van der Waals surface area contributed by atoms with Crippen LogP contribution in [0.25, 0.3) is 0 Å². The summed E-state index contributed by atoms with van der Waals surface area (Å²) in [5.41, 5.74) is 2.77. The van der Waals surface area contributed by atoms with Crippen molar-refractivity contribution in [3.63, 3.8) is 0 Å². The molecule has 0 aliphatic carbocycles. The molecule has 0 aromatic heterocycles. The molecule has 2 aromatic rings. The van der Waals surface area contributed by atoms with Crippen LogP contribution in [0.1, 0.15) is 19.8 Å². The van der Waals surface area contributed by atoms with Crippen LogP contribution >= 0.6 is 11.8 Å². The van der Waals surface area contributed by atoms with Gasteiger partial charge in [0.15, 0.2) is 0 Å². The number of rotatable bonds is 4. The molecule has 146 valence electrons. The van der Waals surface area contributed by atoms with E-state index in [1.807, 2.05) is 36.4 Å². The third kappa shape index (κ3) is 4.17. The van der Waals surface area contributed by atoms with Crippen molar-refractivity contribution in [1.29, 1.82) is 0 Å². The molecule has 0 atom stereocenters. The predicted molar refractivity (Wildman–Crippen MR) is 115 cm³/mol. The van der Waals surface area contributed by atoms with Gasteiger partial charge in [-0.1, -0.05) is 19.1 Å². The first-order valence-corrected chi connectivity index (χ1v) is 10.8. The summed E-state index contributed by atoms with van der Waals surface area (Å²) in [6.45, 7) is 4.50. The number of carbonyl (C=O) groups excluding carboxylic acids is 2. The minimum Gasteiger partial charge on any atom is -0.372 e. The molecule has 1 N–H and O–H groups in total. The Labute approximate surface area is 170 Å². The van der Waals surface area contributed by atoms with Crippen LogP contribution in [0.3, 0.4) is 0 Å². The van der Waals surface area contributed by atoms with E-state index in [2.05, 4.69) is 29.3 Å². The van der Waals surface area contributed by atoms with Crippen LogP contribution < -0.4 is 15.1 Å². The lowest BCUT2D eigenvalue weighted by Gasteiger charge is -2.32. The number of anilines is 3. The van der Waals surface area contributed by atoms with Crippen molar-refractivity contribution in [2.45, 2.75) is 24.7 Å². The van der Waals surface area contributed by atoms with E-state index < -0.39 is 0 Å². The summed E-state index contributed by atoms with van der Waals surface area (Å²) in [5.74, 6) is 0.951. The zero-order valence-corrected chi connectivity index (χ0v) is 16.9. The molecule has 4 rings (SSSR count). The van der Waals surface area contributed by atoms with Crippen molar-refractivity contribution in [3.8, 4) is 0 Å². The molecule has 5 nitrogen and oxygen atoms in total. The van der Waals surface area contributed by atoms with E-state index in [0.717, 1.165) is 35.3 Å². The fourth-order valence-corrected chi connectivity index (χ4v) is 4.63. The second-order valence-corrected chi connectivity index (χ2v) is 8.52. The Bertz CT molecular complexity index is 860. The van der Waals surface area contributed by atoms with Gasteiger partial charge in [0.1, 0.15) is 6.54 Å². The molecule has 6 heteroatoms. The van der Waals surface area contributed by atoms with E-state index in [-0.39, 0.29) is 18.4 Å². The van der Waals surface area contributed by atoms with Gasteiger partial charge in [0, 0.05) is 29.4 Å². The van der Waals surface area contributed by atoms with Gasteiger partial charge in [-0.05, 0) is 55.2 Å². The Morgan fingerprint density at radius 3 is 2.57 bits per heavy atom.